The van der Waals surface area contributed by atoms with E-state index in [-0.39, 0.29) is 11.7 Å². The SMILES string of the molecule is C[C@H](O)CNc1nc(S(C)(=O)=O)nc2n[nH]c(C3CCCC3)c12. The maximum atomic E-state index is 11.8. The Morgan fingerprint density at radius 1 is 1.35 bits per heavy atom. The van der Waals surface area contributed by atoms with Gasteiger partial charge in [-0.3, -0.25) is 5.10 Å². The number of aromatic nitrogens is 4. The first-order valence-corrected chi connectivity index (χ1v) is 9.63. The van der Waals surface area contributed by atoms with Gasteiger partial charge >= 0.3 is 0 Å². The number of fused-ring (bicyclic) bond motifs is 1. The van der Waals surface area contributed by atoms with E-state index < -0.39 is 15.9 Å². The zero-order valence-corrected chi connectivity index (χ0v) is 14.0. The maximum absolute atomic E-state index is 11.8. The third kappa shape index (κ3) is 3.30. The van der Waals surface area contributed by atoms with Crippen LogP contribution in [0.3, 0.4) is 0 Å². The highest BCUT2D eigenvalue weighted by atomic mass is 32.2. The Balaban J connectivity index is 2.13. The molecule has 3 N–H and O–H groups in total. The Hall–Kier alpha value is -1.74. The number of aliphatic hydroxyl groups is 1. The summed E-state index contributed by atoms with van der Waals surface area (Å²) in [6, 6.07) is 0. The predicted molar refractivity (Wildman–Crippen MR) is 86.2 cm³/mol. The molecule has 3 rings (SSSR count). The molecule has 126 valence electrons. The molecule has 2 heterocycles. The lowest BCUT2D eigenvalue weighted by atomic mass is 10.0. The van der Waals surface area contributed by atoms with Crippen molar-refractivity contribution in [1.29, 1.82) is 0 Å². The van der Waals surface area contributed by atoms with Crippen molar-refractivity contribution in [2.45, 2.75) is 49.8 Å². The van der Waals surface area contributed by atoms with Crippen LogP contribution >= 0.6 is 0 Å². The molecular weight excluding hydrogens is 318 g/mol. The van der Waals surface area contributed by atoms with Gasteiger partial charge in [-0.2, -0.15) is 10.1 Å². The second-order valence-corrected chi connectivity index (χ2v) is 8.08. The van der Waals surface area contributed by atoms with Gasteiger partial charge in [0.1, 0.15) is 5.82 Å². The van der Waals surface area contributed by atoms with Gasteiger partial charge in [0.2, 0.25) is 9.84 Å². The summed E-state index contributed by atoms with van der Waals surface area (Å²) in [5, 5.41) is 20.2. The van der Waals surface area contributed by atoms with Gasteiger partial charge in [0, 0.05) is 18.7 Å². The van der Waals surface area contributed by atoms with Crippen LogP contribution in [0, 0.1) is 0 Å². The van der Waals surface area contributed by atoms with Gasteiger partial charge in [-0.25, -0.2) is 13.4 Å². The van der Waals surface area contributed by atoms with Crippen molar-refractivity contribution >= 4 is 26.7 Å². The Morgan fingerprint density at radius 3 is 2.65 bits per heavy atom. The van der Waals surface area contributed by atoms with E-state index >= 15 is 0 Å². The molecule has 1 aliphatic rings. The van der Waals surface area contributed by atoms with E-state index in [1.807, 2.05) is 0 Å². The summed E-state index contributed by atoms with van der Waals surface area (Å²) < 4.78 is 23.6. The van der Waals surface area contributed by atoms with Crippen LogP contribution in [0.1, 0.15) is 44.2 Å². The van der Waals surface area contributed by atoms with Gasteiger partial charge in [-0.15, -0.1) is 0 Å². The fourth-order valence-electron chi connectivity index (χ4n) is 2.97. The first-order valence-electron chi connectivity index (χ1n) is 7.74. The molecule has 0 unspecified atom stereocenters. The van der Waals surface area contributed by atoms with Crippen molar-refractivity contribution < 1.29 is 13.5 Å². The second kappa shape index (κ2) is 6.04. The number of rotatable bonds is 5. The lowest BCUT2D eigenvalue weighted by molar-refractivity contribution is 0.208. The van der Waals surface area contributed by atoms with E-state index in [0.29, 0.717) is 17.4 Å². The minimum atomic E-state index is -3.54. The minimum Gasteiger partial charge on any atom is -0.392 e. The summed E-state index contributed by atoms with van der Waals surface area (Å²) >= 11 is 0. The van der Waals surface area contributed by atoms with Gasteiger partial charge in [0.05, 0.1) is 17.2 Å². The van der Waals surface area contributed by atoms with E-state index in [0.717, 1.165) is 30.2 Å². The number of hydrogen-bond acceptors (Lipinski definition) is 7. The number of nitrogens with one attached hydrogen (secondary N) is 2. The standard InChI is InChI=1S/C14H21N5O3S/c1-8(20)7-15-12-10-11(9-5-3-4-6-9)18-19-13(10)17-14(16-12)23(2,21)22/h8-9,20H,3-7H2,1-2H3,(H2,15,16,17,18,19)/t8-/m0/s1. The highest BCUT2D eigenvalue weighted by Crippen LogP contribution is 2.38. The molecule has 1 saturated carbocycles. The zero-order valence-electron chi connectivity index (χ0n) is 13.2. The van der Waals surface area contributed by atoms with E-state index in [2.05, 4.69) is 25.5 Å². The van der Waals surface area contributed by atoms with Crippen LogP contribution in [0.25, 0.3) is 11.0 Å². The van der Waals surface area contributed by atoms with Crippen molar-refractivity contribution in [3.8, 4) is 0 Å². The average molecular weight is 339 g/mol. The number of anilines is 1. The predicted octanol–water partition coefficient (Wildman–Crippen LogP) is 1.21. The zero-order chi connectivity index (χ0) is 16.6. The van der Waals surface area contributed by atoms with Crippen molar-refractivity contribution in [1.82, 2.24) is 20.2 Å². The van der Waals surface area contributed by atoms with Crippen molar-refractivity contribution in [3.05, 3.63) is 5.69 Å². The molecule has 0 spiro atoms. The van der Waals surface area contributed by atoms with E-state index in [9.17, 15) is 13.5 Å². The average Bonchev–Trinajstić information content (AvgIpc) is 3.11. The molecule has 8 nitrogen and oxygen atoms in total. The largest absolute Gasteiger partial charge is 0.392 e. The van der Waals surface area contributed by atoms with Crippen LogP contribution in [0.15, 0.2) is 5.16 Å². The van der Waals surface area contributed by atoms with Gasteiger partial charge < -0.3 is 10.4 Å². The van der Waals surface area contributed by atoms with Gasteiger partial charge in [-0.1, -0.05) is 12.8 Å². The molecule has 9 heteroatoms. The van der Waals surface area contributed by atoms with Crippen LogP contribution in [-0.2, 0) is 9.84 Å². The third-order valence-corrected chi connectivity index (χ3v) is 4.93. The Morgan fingerprint density at radius 2 is 2.04 bits per heavy atom. The Labute approximate surface area is 134 Å². The number of sulfone groups is 1. The molecule has 0 amide bonds. The summed E-state index contributed by atoms with van der Waals surface area (Å²) in [5.74, 6) is 0.770. The smallest absolute Gasteiger partial charge is 0.250 e. The molecule has 2 aromatic heterocycles. The fraction of sp³-hybridized carbons (Fsp3) is 0.643. The molecule has 1 aliphatic carbocycles. The fourth-order valence-corrected chi connectivity index (χ4v) is 3.48. The molecule has 1 fully saturated rings. The van der Waals surface area contributed by atoms with Crippen LogP contribution in [0.4, 0.5) is 5.82 Å². The van der Waals surface area contributed by atoms with Gasteiger partial charge in [0.25, 0.3) is 5.16 Å². The molecule has 0 aromatic carbocycles. The maximum Gasteiger partial charge on any atom is 0.250 e. The molecule has 23 heavy (non-hydrogen) atoms. The highest BCUT2D eigenvalue weighted by molar-refractivity contribution is 7.90. The molecular formula is C14H21N5O3S. The number of aliphatic hydroxyl groups excluding tert-OH is 1. The normalized spacial score (nSPS) is 17.7. The number of hydrogen-bond donors (Lipinski definition) is 3. The molecule has 0 saturated heterocycles. The molecule has 2 aromatic rings. The summed E-state index contributed by atoms with van der Waals surface area (Å²) in [6.45, 7) is 1.92. The third-order valence-electron chi connectivity index (χ3n) is 4.08. The summed E-state index contributed by atoms with van der Waals surface area (Å²) in [5.41, 5.74) is 1.29. The Kier molecular flexibility index (Phi) is 4.24. The monoisotopic (exact) mass is 339 g/mol. The number of H-pyrrole nitrogens is 1. The van der Waals surface area contributed by atoms with Crippen LogP contribution in [0.5, 0.6) is 0 Å². The second-order valence-electron chi connectivity index (χ2n) is 6.17. The first-order chi connectivity index (χ1) is 10.9. The van der Waals surface area contributed by atoms with E-state index in [1.54, 1.807) is 6.92 Å². The van der Waals surface area contributed by atoms with Gasteiger partial charge in [-0.05, 0) is 19.8 Å². The molecule has 0 aliphatic heterocycles. The molecule has 0 bridgehead atoms. The van der Waals surface area contributed by atoms with Crippen molar-refractivity contribution in [2.24, 2.45) is 0 Å². The molecule has 0 radical (unpaired) electrons. The van der Waals surface area contributed by atoms with E-state index in [4.69, 9.17) is 0 Å². The topological polar surface area (TPSA) is 121 Å². The number of aromatic amines is 1. The summed E-state index contributed by atoms with van der Waals surface area (Å²) in [6.07, 6.45) is 4.97. The van der Waals surface area contributed by atoms with Crippen LogP contribution in [0.2, 0.25) is 0 Å². The lowest BCUT2D eigenvalue weighted by Crippen LogP contribution is -2.17. The van der Waals surface area contributed by atoms with Crippen molar-refractivity contribution in [3.63, 3.8) is 0 Å². The summed E-state index contributed by atoms with van der Waals surface area (Å²) in [4.78, 5) is 8.25. The minimum absolute atomic E-state index is 0.262. The summed E-state index contributed by atoms with van der Waals surface area (Å²) in [7, 11) is -3.54. The molecule has 1 atom stereocenters. The van der Waals surface area contributed by atoms with E-state index in [1.165, 1.54) is 12.8 Å². The van der Waals surface area contributed by atoms with Crippen LogP contribution in [-0.4, -0.2) is 52.6 Å². The quantitative estimate of drug-likeness (QED) is 0.700. The Bertz CT molecular complexity index is 809. The first kappa shape index (κ1) is 16.1. The van der Waals surface area contributed by atoms with Crippen LogP contribution < -0.4 is 5.32 Å². The number of nitrogens with zero attached hydrogens (tertiary/aromatic N) is 3. The van der Waals surface area contributed by atoms with Crippen molar-refractivity contribution in [2.75, 3.05) is 18.1 Å². The van der Waals surface area contributed by atoms with Gasteiger partial charge in [0.15, 0.2) is 5.65 Å². The highest BCUT2D eigenvalue weighted by Gasteiger charge is 2.26. The lowest BCUT2D eigenvalue weighted by Gasteiger charge is -2.12.